The minimum atomic E-state index is -0.501. The number of anilines is 1. The molecule has 0 radical (unpaired) electrons. The van der Waals surface area contributed by atoms with Crippen molar-refractivity contribution in [2.75, 3.05) is 18.0 Å². The van der Waals surface area contributed by atoms with E-state index in [1.54, 1.807) is 18.3 Å². The van der Waals surface area contributed by atoms with Gasteiger partial charge >= 0.3 is 6.09 Å². The number of rotatable bonds is 3. The smallest absolute Gasteiger partial charge is 0.407 e. The Morgan fingerprint density at radius 2 is 2.33 bits per heavy atom. The Bertz CT molecular complexity index is 499. The Kier molecular flexibility index (Phi) is 4.55. The van der Waals surface area contributed by atoms with Gasteiger partial charge in [-0.05, 0) is 45.7 Å². The number of carbonyl (C=O) groups excluding carboxylic acids is 1. The van der Waals surface area contributed by atoms with E-state index in [-0.39, 0.29) is 11.8 Å². The highest BCUT2D eigenvalue weighted by Crippen LogP contribution is 2.30. The van der Waals surface area contributed by atoms with Crippen molar-refractivity contribution in [2.24, 2.45) is 0 Å². The van der Waals surface area contributed by atoms with Crippen LogP contribution in [0.2, 0.25) is 0 Å². The topological polar surface area (TPSA) is 74.7 Å². The van der Waals surface area contributed by atoms with E-state index >= 15 is 0 Å². The third-order valence-corrected chi connectivity index (χ3v) is 3.30. The van der Waals surface area contributed by atoms with Crippen molar-refractivity contribution >= 4 is 11.9 Å². The summed E-state index contributed by atoms with van der Waals surface area (Å²) in [6, 6.07) is 3.44. The second kappa shape index (κ2) is 6.20. The fourth-order valence-corrected chi connectivity index (χ4v) is 2.45. The molecule has 6 nitrogen and oxygen atoms in total. The van der Waals surface area contributed by atoms with Crippen LogP contribution >= 0.6 is 0 Å². The zero-order valence-corrected chi connectivity index (χ0v) is 12.8. The van der Waals surface area contributed by atoms with Crippen LogP contribution in [0.1, 0.15) is 33.6 Å². The van der Waals surface area contributed by atoms with Gasteiger partial charge < -0.3 is 20.1 Å². The molecule has 0 aliphatic carbocycles. The first-order valence-electron chi connectivity index (χ1n) is 7.24. The normalized spacial score (nSPS) is 18.6. The number of pyridine rings is 1. The van der Waals surface area contributed by atoms with Crippen LogP contribution in [0, 0.1) is 0 Å². The number of amides is 1. The number of nitrogens with zero attached hydrogens (tertiary/aromatic N) is 2. The lowest BCUT2D eigenvalue weighted by atomic mass is 10.2. The lowest BCUT2D eigenvalue weighted by Gasteiger charge is -2.27. The summed E-state index contributed by atoms with van der Waals surface area (Å²) >= 11 is 0. The number of alkyl carbamates (subject to hydrolysis) is 1. The summed E-state index contributed by atoms with van der Waals surface area (Å²) in [5.74, 6) is 0.743. The van der Waals surface area contributed by atoms with Crippen LogP contribution < -0.4 is 10.2 Å². The van der Waals surface area contributed by atoms with E-state index in [0.717, 1.165) is 19.4 Å². The Hall–Kier alpha value is -1.98. The van der Waals surface area contributed by atoms with E-state index in [0.29, 0.717) is 12.4 Å². The van der Waals surface area contributed by atoms with Gasteiger partial charge in [0.1, 0.15) is 5.60 Å². The average Bonchev–Trinajstić information content (AvgIpc) is 2.83. The summed E-state index contributed by atoms with van der Waals surface area (Å²) in [5, 5.41) is 12.7. The van der Waals surface area contributed by atoms with Crippen LogP contribution in [-0.2, 0) is 4.74 Å². The molecule has 1 saturated heterocycles. The van der Waals surface area contributed by atoms with Crippen LogP contribution in [0.15, 0.2) is 18.3 Å². The molecule has 0 saturated carbocycles. The molecular formula is C15H23N3O3. The first-order valence-corrected chi connectivity index (χ1v) is 7.24. The molecule has 0 bridgehead atoms. The summed E-state index contributed by atoms with van der Waals surface area (Å²) in [6.45, 7) is 6.80. The molecule has 1 aliphatic heterocycles. The summed E-state index contributed by atoms with van der Waals surface area (Å²) in [4.78, 5) is 18.0. The maximum absolute atomic E-state index is 11.7. The quantitative estimate of drug-likeness (QED) is 0.894. The molecule has 2 heterocycles. The van der Waals surface area contributed by atoms with E-state index < -0.39 is 11.7 Å². The largest absolute Gasteiger partial charge is 0.504 e. The maximum atomic E-state index is 11.7. The SMILES string of the molecule is CC(C)(C)OC(=O)NC[C@@H]1CCCN1c1ncccc1O. The predicted molar refractivity (Wildman–Crippen MR) is 80.5 cm³/mol. The molecule has 21 heavy (non-hydrogen) atoms. The molecule has 1 aliphatic rings. The fraction of sp³-hybridized carbons (Fsp3) is 0.600. The number of aromatic nitrogens is 1. The van der Waals surface area contributed by atoms with Crippen molar-refractivity contribution in [1.29, 1.82) is 0 Å². The minimum Gasteiger partial charge on any atom is -0.504 e. The summed E-state index contributed by atoms with van der Waals surface area (Å²) in [5.41, 5.74) is -0.501. The van der Waals surface area contributed by atoms with Gasteiger partial charge in [0, 0.05) is 25.3 Å². The summed E-state index contributed by atoms with van der Waals surface area (Å²) in [6.07, 6.45) is 3.20. The zero-order valence-electron chi connectivity index (χ0n) is 12.8. The molecule has 6 heteroatoms. The summed E-state index contributed by atoms with van der Waals surface area (Å²) < 4.78 is 5.23. The van der Waals surface area contributed by atoms with Crippen molar-refractivity contribution in [3.8, 4) is 5.75 Å². The number of carbonyl (C=O) groups is 1. The molecule has 0 spiro atoms. The van der Waals surface area contributed by atoms with Crippen molar-refractivity contribution in [2.45, 2.75) is 45.3 Å². The van der Waals surface area contributed by atoms with Gasteiger partial charge in [-0.1, -0.05) is 0 Å². The van der Waals surface area contributed by atoms with Crippen LogP contribution in [0.3, 0.4) is 0 Å². The van der Waals surface area contributed by atoms with E-state index in [4.69, 9.17) is 4.74 Å². The maximum Gasteiger partial charge on any atom is 0.407 e. The average molecular weight is 293 g/mol. The fourth-order valence-electron chi connectivity index (χ4n) is 2.45. The third kappa shape index (κ3) is 4.24. The van der Waals surface area contributed by atoms with Gasteiger partial charge in [0.05, 0.1) is 0 Å². The number of aromatic hydroxyl groups is 1. The van der Waals surface area contributed by atoms with Gasteiger partial charge in [0.15, 0.2) is 11.6 Å². The van der Waals surface area contributed by atoms with E-state index in [1.165, 1.54) is 0 Å². The van der Waals surface area contributed by atoms with Gasteiger partial charge in [-0.3, -0.25) is 0 Å². The molecule has 116 valence electrons. The molecular weight excluding hydrogens is 270 g/mol. The van der Waals surface area contributed by atoms with Crippen molar-refractivity contribution in [3.05, 3.63) is 18.3 Å². The lowest BCUT2D eigenvalue weighted by molar-refractivity contribution is 0.0525. The van der Waals surface area contributed by atoms with Crippen LogP contribution in [0.5, 0.6) is 5.75 Å². The second-order valence-electron chi connectivity index (χ2n) is 6.22. The molecule has 0 aromatic carbocycles. The van der Waals surface area contributed by atoms with Crippen LogP contribution in [0.25, 0.3) is 0 Å². The molecule has 2 rings (SSSR count). The Morgan fingerprint density at radius 3 is 3.00 bits per heavy atom. The third-order valence-electron chi connectivity index (χ3n) is 3.30. The number of hydrogen-bond acceptors (Lipinski definition) is 5. The highest BCUT2D eigenvalue weighted by Gasteiger charge is 2.28. The Morgan fingerprint density at radius 1 is 1.57 bits per heavy atom. The van der Waals surface area contributed by atoms with E-state index in [2.05, 4.69) is 10.3 Å². The molecule has 1 fully saturated rings. The van der Waals surface area contributed by atoms with Gasteiger partial charge in [-0.25, -0.2) is 9.78 Å². The Labute approximate surface area is 125 Å². The first kappa shape index (κ1) is 15.4. The monoisotopic (exact) mass is 293 g/mol. The molecule has 0 unspecified atom stereocenters. The number of nitrogens with one attached hydrogen (secondary N) is 1. The standard InChI is InChI=1S/C15H23N3O3/c1-15(2,3)21-14(20)17-10-11-6-5-9-18(11)13-12(19)7-4-8-16-13/h4,7-8,11,19H,5-6,9-10H2,1-3H3,(H,17,20)/t11-/m0/s1. The first-order chi connectivity index (χ1) is 9.87. The molecule has 1 aromatic rings. The van der Waals surface area contributed by atoms with Gasteiger partial charge in [0.2, 0.25) is 0 Å². The second-order valence-corrected chi connectivity index (χ2v) is 6.22. The Balaban J connectivity index is 1.94. The predicted octanol–water partition coefficient (Wildman–Crippen LogP) is 2.28. The molecule has 1 amide bonds. The van der Waals surface area contributed by atoms with Crippen molar-refractivity contribution in [1.82, 2.24) is 10.3 Å². The number of ether oxygens (including phenoxy) is 1. The van der Waals surface area contributed by atoms with E-state index in [1.807, 2.05) is 25.7 Å². The number of hydrogen-bond donors (Lipinski definition) is 2. The van der Waals surface area contributed by atoms with E-state index in [9.17, 15) is 9.90 Å². The lowest BCUT2D eigenvalue weighted by Crippen LogP contribution is -2.42. The zero-order chi connectivity index (χ0) is 15.5. The minimum absolute atomic E-state index is 0.123. The van der Waals surface area contributed by atoms with Crippen LogP contribution in [0.4, 0.5) is 10.6 Å². The van der Waals surface area contributed by atoms with Gasteiger partial charge in [0.25, 0.3) is 0 Å². The highest BCUT2D eigenvalue weighted by molar-refractivity contribution is 5.67. The van der Waals surface area contributed by atoms with Gasteiger partial charge in [-0.15, -0.1) is 0 Å². The van der Waals surface area contributed by atoms with Crippen molar-refractivity contribution in [3.63, 3.8) is 0 Å². The molecule has 2 N–H and O–H groups in total. The molecule has 1 aromatic heterocycles. The summed E-state index contributed by atoms with van der Waals surface area (Å²) in [7, 11) is 0. The highest BCUT2D eigenvalue weighted by atomic mass is 16.6. The van der Waals surface area contributed by atoms with Crippen molar-refractivity contribution < 1.29 is 14.6 Å². The van der Waals surface area contributed by atoms with Crippen LogP contribution in [-0.4, -0.2) is 40.9 Å². The molecule has 1 atom stereocenters. The van der Waals surface area contributed by atoms with Gasteiger partial charge in [-0.2, -0.15) is 0 Å².